The van der Waals surface area contributed by atoms with Gasteiger partial charge in [0, 0.05) is 21.4 Å². The number of carbonyl (C=O) groups excluding carboxylic acids is 1. The van der Waals surface area contributed by atoms with Crippen LogP contribution in [0.3, 0.4) is 0 Å². The number of hydrogen-bond donors (Lipinski definition) is 2. The maximum atomic E-state index is 12.2. The molecule has 0 aromatic heterocycles. The predicted octanol–water partition coefficient (Wildman–Crippen LogP) is 3.90. The first-order chi connectivity index (χ1) is 8.95. The summed E-state index contributed by atoms with van der Waals surface area (Å²) in [6.07, 6.45) is 0. The number of halogens is 1. The minimum atomic E-state index is -0.141. The van der Waals surface area contributed by atoms with Gasteiger partial charge in [-0.1, -0.05) is 22.0 Å². The average molecular weight is 319 g/mol. The van der Waals surface area contributed by atoms with E-state index in [-0.39, 0.29) is 5.91 Å². The average Bonchev–Trinajstić information content (AvgIpc) is 2.32. The molecule has 2 rings (SSSR count). The van der Waals surface area contributed by atoms with Crippen LogP contribution < -0.4 is 11.1 Å². The fraction of sp³-hybridized carbons (Fsp3) is 0.133. The van der Waals surface area contributed by atoms with E-state index in [4.69, 9.17) is 5.73 Å². The van der Waals surface area contributed by atoms with E-state index in [0.717, 1.165) is 21.3 Å². The van der Waals surface area contributed by atoms with Gasteiger partial charge in [-0.2, -0.15) is 0 Å². The maximum absolute atomic E-state index is 12.2. The number of aryl methyl sites for hydroxylation is 2. The summed E-state index contributed by atoms with van der Waals surface area (Å²) in [6, 6.07) is 11.1. The Morgan fingerprint density at radius 3 is 2.58 bits per heavy atom. The van der Waals surface area contributed by atoms with Crippen molar-refractivity contribution in [1.29, 1.82) is 0 Å². The van der Waals surface area contributed by atoms with Crippen LogP contribution in [0.25, 0.3) is 0 Å². The van der Waals surface area contributed by atoms with Crippen molar-refractivity contribution in [2.45, 2.75) is 13.8 Å². The zero-order valence-corrected chi connectivity index (χ0v) is 12.4. The van der Waals surface area contributed by atoms with Crippen LogP contribution in [0.15, 0.2) is 40.9 Å². The molecule has 0 saturated heterocycles. The smallest absolute Gasteiger partial charge is 0.255 e. The van der Waals surface area contributed by atoms with Gasteiger partial charge in [-0.15, -0.1) is 0 Å². The lowest BCUT2D eigenvalue weighted by Gasteiger charge is -2.10. The summed E-state index contributed by atoms with van der Waals surface area (Å²) in [6.45, 7) is 3.88. The second-order valence-electron chi connectivity index (χ2n) is 4.55. The monoisotopic (exact) mass is 318 g/mol. The third-order valence-corrected chi connectivity index (χ3v) is 3.27. The number of nitrogens with one attached hydrogen (secondary N) is 1. The van der Waals surface area contributed by atoms with E-state index in [9.17, 15) is 4.79 Å². The van der Waals surface area contributed by atoms with Gasteiger partial charge in [-0.05, 0) is 55.3 Å². The molecule has 1 amide bonds. The molecule has 2 aromatic rings. The molecule has 3 nitrogen and oxygen atoms in total. The van der Waals surface area contributed by atoms with Crippen molar-refractivity contribution in [1.82, 2.24) is 0 Å². The Hall–Kier alpha value is -1.81. The molecular weight excluding hydrogens is 304 g/mol. The van der Waals surface area contributed by atoms with Crippen molar-refractivity contribution in [3.8, 4) is 0 Å². The van der Waals surface area contributed by atoms with E-state index < -0.39 is 0 Å². The van der Waals surface area contributed by atoms with Crippen molar-refractivity contribution in [3.05, 3.63) is 57.6 Å². The largest absolute Gasteiger partial charge is 0.399 e. The van der Waals surface area contributed by atoms with Crippen LogP contribution in [0.1, 0.15) is 21.5 Å². The number of hydrogen-bond acceptors (Lipinski definition) is 2. The second kappa shape index (κ2) is 5.45. The van der Waals surface area contributed by atoms with Gasteiger partial charge in [-0.3, -0.25) is 4.79 Å². The molecule has 4 heteroatoms. The Bertz CT molecular complexity index is 618. The molecule has 0 aliphatic rings. The number of amides is 1. The van der Waals surface area contributed by atoms with Gasteiger partial charge in [0.1, 0.15) is 0 Å². The lowest BCUT2D eigenvalue weighted by atomic mass is 10.1. The summed E-state index contributed by atoms with van der Waals surface area (Å²) in [5.74, 6) is -0.141. The zero-order valence-electron chi connectivity index (χ0n) is 10.8. The first kappa shape index (κ1) is 13.6. The maximum Gasteiger partial charge on any atom is 0.255 e. The first-order valence-corrected chi connectivity index (χ1v) is 6.69. The zero-order chi connectivity index (χ0) is 14.0. The molecule has 0 radical (unpaired) electrons. The molecule has 0 bridgehead atoms. The van der Waals surface area contributed by atoms with Crippen molar-refractivity contribution in [2.24, 2.45) is 0 Å². The molecule has 98 valence electrons. The molecule has 2 aromatic carbocycles. The summed E-state index contributed by atoms with van der Waals surface area (Å²) in [5.41, 5.74) is 9.73. The van der Waals surface area contributed by atoms with E-state index in [0.29, 0.717) is 11.3 Å². The van der Waals surface area contributed by atoms with Gasteiger partial charge in [0.05, 0.1) is 0 Å². The minimum absolute atomic E-state index is 0.141. The first-order valence-electron chi connectivity index (χ1n) is 5.90. The van der Waals surface area contributed by atoms with Crippen LogP contribution in [-0.4, -0.2) is 5.91 Å². The van der Waals surface area contributed by atoms with Gasteiger partial charge < -0.3 is 11.1 Å². The quantitative estimate of drug-likeness (QED) is 0.825. The van der Waals surface area contributed by atoms with Crippen LogP contribution in [-0.2, 0) is 0 Å². The van der Waals surface area contributed by atoms with E-state index in [2.05, 4.69) is 21.2 Å². The van der Waals surface area contributed by atoms with Gasteiger partial charge in [0.2, 0.25) is 0 Å². The topological polar surface area (TPSA) is 55.1 Å². The van der Waals surface area contributed by atoms with Crippen LogP contribution in [0, 0.1) is 13.8 Å². The number of anilines is 2. The molecule has 0 heterocycles. The van der Waals surface area contributed by atoms with E-state index in [1.165, 1.54) is 0 Å². The van der Waals surface area contributed by atoms with Crippen LogP contribution in [0.4, 0.5) is 11.4 Å². The molecule has 19 heavy (non-hydrogen) atoms. The second-order valence-corrected chi connectivity index (χ2v) is 5.46. The summed E-state index contributed by atoms with van der Waals surface area (Å²) >= 11 is 3.39. The number of nitrogen functional groups attached to an aromatic ring is 1. The van der Waals surface area contributed by atoms with Crippen molar-refractivity contribution in [3.63, 3.8) is 0 Å². The predicted molar refractivity (Wildman–Crippen MR) is 82.4 cm³/mol. The van der Waals surface area contributed by atoms with Crippen molar-refractivity contribution < 1.29 is 4.79 Å². The summed E-state index contributed by atoms with van der Waals surface area (Å²) in [7, 11) is 0. The normalized spacial score (nSPS) is 10.3. The van der Waals surface area contributed by atoms with E-state index in [1.54, 1.807) is 12.1 Å². The number of nitrogens with two attached hydrogens (primary N) is 1. The Morgan fingerprint density at radius 1 is 1.16 bits per heavy atom. The van der Waals surface area contributed by atoms with Crippen molar-refractivity contribution in [2.75, 3.05) is 11.1 Å². The highest BCUT2D eigenvalue weighted by Gasteiger charge is 2.09. The molecule has 3 N–H and O–H groups in total. The number of benzene rings is 2. The van der Waals surface area contributed by atoms with Gasteiger partial charge in [0.15, 0.2) is 0 Å². The van der Waals surface area contributed by atoms with E-state index >= 15 is 0 Å². The van der Waals surface area contributed by atoms with Crippen molar-refractivity contribution >= 4 is 33.2 Å². The van der Waals surface area contributed by atoms with Gasteiger partial charge >= 0.3 is 0 Å². The number of rotatable bonds is 2. The summed E-state index contributed by atoms with van der Waals surface area (Å²) < 4.78 is 0.891. The summed E-state index contributed by atoms with van der Waals surface area (Å²) in [4.78, 5) is 12.2. The lowest BCUT2D eigenvalue weighted by molar-refractivity contribution is 0.102. The Morgan fingerprint density at radius 2 is 1.89 bits per heavy atom. The third kappa shape index (κ3) is 3.35. The SMILES string of the molecule is Cc1cc(Br)cc(C(=O)Nc2cc(N)ccc2C)c1. The molecule has 0 aliphatic heterocycles. The number of carbonyl (C=O) groups is 1. The highest BCUT2D eigenvalue weighted by atomic mass is 79.9. The molecule has 0 unspecified atom stereocenters. The van der Waals surface area contributed by atoms with Crippen LogP contribution >= 0.6 is 15.9 Å². The molecule has 0 fully saturated rings. The molecule has 0 aliphatic carbocycles. The fourth-order valence-electron chi connectivity index (χ4n) is 1.84. The minimum Gasteiger partial charge on any atom is -0.399 e. The molecule has 0 atom stereocenters. The van der Waals surface area contributed by atoms with E-state index in [1.807, 2.05) is 38.1 Å². The Labute approximate surface area is 121 Å². The fourth-order valence-corrected chi connectivity index (χ4v) is 2.44. The summed E-state index contributed by atoms with van der Waals surface area (Å²) in [5, 5.41) is 2.88. The standard InChI is InChI=1S/C15H15BrN2O/c1-9-5-11(7-12(16)6-9)15(19)18-14-8-13(17)4-3-10(14)2/h3-8H,17H2,1-2H3,(H,18,19). The molecular formula is C15H15BrN2O. The van der Waals surface area contributed by atoms with Crippen LogP contribution in [0.5, 0.6) is 0 Å². The molecule has 0 spiro atoms. The van der Waals surface area contributed by atoms with Gasteiger partial charge in [-0.25, -0.2) is 0 Å². The van der Waals surface area contributed by atoms with Gasteiger partial charge in [0.25, 0.3) is 5.91 Å². The highest BCUT2D eigenvalue weighted by molar-refractivity contribution is 9.10. The highest BCUT2D eigenvalue weighted by Crippen LogP contribution is 2.20. The Balaban J connectivity index is 2.28. The lowest BCUT2D eigenvalue weighted by Crippen LogP contribution is -2.13. The Kier molecular flexibility index (Phi) is 3.90. The molecule has 0 saturated carbocycles. The third-order valence-electron chi connectivity index (χ3n) is 2.81. The van der Waals surface area contributed by atoms with Crippen LogP contribution in [0.2, 0.25) is 0 Å².